The van der Waals surface area contributed by atoms with Gasteiger partial charge in [0.1, 0.15) is 6.26 Å². The highest BCUT2D eigenvalue weighted by Crippen LogP contribution is 2.29. The number of furan rings is 1. The average molecular weight is 381 g/mol. The topological polar surface area (TPSA) is 57.0 Å². The average Bonchev–Trinajstić information content (AvgIpc) is 3.28. The molecule has 2 fully saturated rings. The second kappa shape index (κ2) is 8.19. The van der Waals surface area contributed by atoms with Gasteiger partial charge in [-0.2, -0.15) is 0 Å². The van der Waals surface area contributed by atoms with E-state index in [0.29, 0.717) is 18.7 Å². The fourth-order valence-corrected chi connectivity index (χ4v) is 4.28. The summed E-state index contributed by atoms with van der Waals surface area (Å²) in [6.45, 7) is 3.73. The van der Waals surface area contributed by atoms with E-state index < -0.39 is 0 Å². The molecule has 148 valence electrons. The van der Waals surface area contributed by atoms with Crippen molar-refractivity contribution in [3.05, 3.63) is 60.1 Å². The molecule has 0 radical (unpaired) electrons. The van der Waals surface area contributed by atoms with Crippen LogP contribution >= 0.6 is 0 Å². The first-order valence-corrected chi connectivity index (χ1v) is 9.99. The van der Waals surface area contributed by atoms with E-state index in [1.165, 1.54) is 18.1 Å². The smallest absolute Gasteiger partial charge is 0.257 e. The van der Waals surface area contributed by atoms with Crippen molar-refractivity contribution in [2.45, 2.75) is 18.9 Å². The number of amides is 2. The molecule has 0 bridgehead atoms. The molecule has 0 aliphatic carbocycles. The molecule has 1 atom stereocenters. The van der Waals surface area contributed by atoms with Crippen molar-refractivity contribution in [3.8, 4) is 0 Å². The number of piperidine rings is 1. The molecule has 6 heteroatoms. The Hall–Kier alpha value is -2.60. The van der Waals surface area contributed by atoms with Crippen molar-refractivity contribution in [3.63, 3.8) is 0 Å². The summed E-state index contributed by atoms with van der Waals surface area (Å²) in [5.74, 6) is 0.210. The van der Waals surface area contributed by atoms with Crippen LogP contribution in [0.3, 0.4) is 0 Å². The van der Waals surface area contributed by atoms with Crippen molar-refractivity contribution in [2.24, 2.45) is 5.92 Å². The Morgan fingerprint density at radius 1 is 1.00 bits per heavy atom. The van der Waals surface area contributed by atoms with Crippen molar-refractivity contribution >= 4 is 11.8 Å². The predicted molar refractivity (Wildman–Crippen MR) is 106 cm³/mol. The SMILES string of the molecule is CN1CCN(C(=O)C2CCN(C(=O)c3ccoc3)CC2)C(c2ccccc2)C1. The standard InChI is InChI=1S/C22H27N3O3/c1-23-12-13-25(20(15-23)17-5-3-2-4-6-17)22(27)18-7-10-24(11-8-18)21(26)19-9-14-28-16-19/h2-6,9,14,16,18,20H,7-8,10-13,15H2,1H3. The summed E-state index contributed by atoms with van der Waals surface area (Å²) in [6, 6.07) is 12.1. The largest absolute Gasteiger partial charge is 0.472 e. The predicted octanol–water partition coefficient (Wildman–Crippen LogP) is 2.65. The van der Waals surface area contributed by atoms with Crippen LogP contribution in [0.5, 0.6) is 0 Å². The van der Waals surface area contributed by atoms with Gasteiger partial charge >= 0.3 is 0 Å². The zero-order valence-electron chi connectivity index (χ0n) is 16.3. The van der Waals surface area contributed by atoms with E-state index in [1.54, 1.807) is 6.07 Å². The first-order chi connectivity index (χ1) is 13.6. The number of rotatable bonds is 3. The van der Waals surface area contributed by atoms with Gasteiger partial charge in [-0.1, -0.05) is 30.3 Å². The van der Waals surface area contributed by atoms with Crippen molar-refractivity contribution in [1.29, 1.82) is 0 Å². The van der Waals surface area contributed by atoms with Gasteiger partial charge in [-0.25, -0.2) is 0 Å². The van der Waals surface area contributed by atoms with E-state index in [9.17, 15) is 9.59 Å². The molecule has 2 amide bonds. The number of likely N-dealkylation sites (N-methyl/N-ethyl adjacent to an activating group) is 1. The highest BCUT2D eigenvalue weighted by Gasteiger charge is 2.36. The third kappa shape index (κ3) is 3.83. The molecular formula is C22H27N3O3. The quantitative estimate of drug-likeness (QED) is 0.820. The second-order valence-electron chi connectivity index (χ2n) is 7.80. The molecule has 0 spiro atoms. The number of piperazine rings is 1. The fourth-order valence-electron chi connectivity index (χ4n) is 4.28. The van der Waals surface area contributed by atoms with Crippen molar-refractivity contribution in [2.75, 3.05) is 39.8 Å². The first-order valence-electron chi connectivity index (χ1n) is 9.99. The van der Waals surface area contributed by atoms with Crippen LogP contribution < -0.4 is 0 Å². The maximum atomic E-state index is 13.3. The van der Waals surface area contributed by atoms with Crippen LogP contribution in [0.4, 0.5) is 0 Å². The molecule has 2 aliphatic rings. The molecule has 0 N–H and O–H groups in total. The van der Waals surface area contributed by atoms with Crippen LogP contribution in [-0.2, 0) is 4.79 Å². The third-order valence-corrected chi connectivity index (χ3v) is 5.95. The van der Waals surface area contributed by atoms with Crippen LogP contribution in [0.2, 0.25) is 0 Å². The lowest BCUT2D eigenvalue weighted by atomic mass is 9.92. The molecule has 2 aliphatic heterocycles. The third-order valence-electron chi connectivity index (χ3n) is 5.95. The van der Waals surface area contributed by atoms with Gasteiger partial charge in [-0.3, -0.25) is 9.59 Å². The van der Waals surface area contributed by atoms with Crippen LogP contribution in [0.25, 0.3) is 0 Å². The van der Waals surface area contributed by atoms with E-state index >= 15 is 0 Å². The van der Waals surface area contributed by atoms with Gasteiger partial charge in [-0.05, 0) is 31.5 Å². The van der Waals surface area contributed by atoms with Crippen LogP contribution in [0.1, 0.15) is 34.8 Å². The molecule has 1 unspecified atom stereocenters. The normalized spacial score (nSPS) is 21.7. The second-order valence-corrected chi connectivity index (χ2v) is 7.80. The lowest BCUT2D eigenvalue weighted by Crippen LogP contribution is -2.52. The highest BCUT2D eigenvalue weighted by atomic mass is 16.3. The zero-order chi connectivity index (χ0) is 19.5. The van der Waals surface area contributed by atoms with E-state index in [4.69, 9.17) is 4.42 Å². The number of carbonyl (C=O) groups excluding carboxylic acids is 2. The summed E-state index contributed by atoms with van der Waals surface area (Å²) in [4.78, 5) is 32.0. The molecule has 3 heterocycles. The van der Waals surface area contributed by atoms with Gasteiger partial charge in [0, 0.05) is 38.6 Å². The number of hydrogen-bond acceptors (Lipinski definition) is 4. The Balaban J connectivity index is 1.42. The first kappa shape index (κ1) is 18.7. The van der Waals surface area contributed by atoms with Crippen molar-refractivity contribution in [1.82, 2.24) is 14.7 Å². The number of hydrogen-bond donors (Lipinski definition) is 0. The minimum atomic E-state index is -0.0126. The van der Waals surface area contributed by atoms with E-state index in [0.717, 1.165) is 32.5 Å². The fraction of sp³-hybridized carbons (Fsp3) is 0.455. The van der Waals surface area contributed by atoms with Gasteiger partial charge < -0.3 is 19.1 Å². The molecule has 6 nitrogen and oxygen atoms in total. The van der Waals surface area contributed by atoms with Gasteiger partial charge in [0.25, 0.3) is 5.91 Å². The summed E-state index contributed by atoms with van der Waals surface area (Å²) in [6.07, 6.45) is 4.43. The maximum Gasteiger partial charge on any atom is 0.257 e. The number of likely N-dealkylation sites (tertiary alicyclic amines) is 1. The van der Waals surface area contributed by atoms with Gasteiger partial charge in [0.15, 0.2) is 0 Å². The lowest BCUT2D eigenvalue weighted by molar-refractivity contribution is -0.142. The Kier molecular flexibility index (Phi) is 5.48. The van der Waals surface area contributed by atoms with Gasteiger partial charge in [-0.15, -0.1) is 0 Å². The molecule has 0 saturated carbocycles. The van der Waals surface area contributed by atoms with Gasteiger partial charge in [0.05, 0.1) is 17.9 Å². The van der Waals surface area contributed by atoms with E-state index in [-0.39, 0.29) is 23.8 Å². The summed E-state index contributed by atoms with van der Waals surface area (Å²) >= 11 is 0. The maximum absolute atomic E-state index is 13.3. The molecule has 2 aromatic rings. The zero-order valence-corrected chi connectivity index (χ0v) is 16.3. The van der Waals surface area contributed by atoms with E-state index in [1.807, 2.05) is 23.1 Å². The minimum absolute atomic E-state index is 0.0111. The lowest BCUT2D eigenvalue weighted by Gasteiger charge is -2.43. The summed E-state index contributed by atoms with van der Waals surface area (Å²) in [5, 5.41) is 0. The summed E-state index contributed by atoms with van der Waals surface area (Å²) < 4.78 is 5.02. The monoisotopic (exact) mass is 381 g/mol. The number of carbonyl (C=O) groups is 2. The Morgan fingerprint density at radius 3 is 2.43 bits per heavy atom. The Morgan fingerprint density at radius 2 is 1.75 bits per heavy atom. The molecule has 1 aromatic heterocycles. The number of benzene rings is 1. The van der Waals surface area contributed by atoms with E-state index in [2.05, 4.69) is 29.0 Å². The number of nitrogens with zero attached hydrogens (tertiary/aromatic N) is 3. The molecule has 1 aromatic carbocycles. The molecular weight excluding hydrogens is 354 g/mol. The van der Waals surface area contributed by atoms with Crippen LogP contribution in [0, 0.1) is 5.92 Å². The minimum Gasteiger partial charge on any atom is -0.472 e. The van der Waals surface area contributed by atoms with Crippen LogP contribution in [0.15, 0.2) is 53.3 Å². The molecule has 28 heavy (non-hydrogen) atoms. The Labute approximate surface area is 165 Å². The van der Waals surface area contributed by atoms with Crippen LogP contribution in [-0.4, -0.2) is 66.3 Å². The Bertz CT molecular complexity index is 798. The van der Waals surface area contributed by atoms with Gasteiger partial charge in [0.2, 0.25) is 5.91 Å². The summed E-state index contributed by atoms with van der Waals surface area (Å²) in [5.41, 5.74) is 1.77. The summed E-state index contributed by atoms with van der Waals surface area (Å²) in [7, 11) is 2.11. The molecule has 4 rings (SSSR count). The molecule has 2 saturated heterocycles. The van der Waals surface area contributed by atoms with Crippen molar-refractivity contribution < 1.29 is 14.0 Å². The highest BCUT2D eigenvalue weighted by molar-refractivity contribution is 5.94.